The highest BCUT2D eigenvalue weighted by atomic mass is 32.2. The molecular formula is C20H21N5O4S. The highest BCUT2D eigenvalue weighted by molar-refractivity contribution is 7.89. The lowest BCUT2D eigenvalue weighted by atomic mass is 9.98. The van der Waals surface area contributed by atoms with Gasteiger partial charge in [0.1, 0.15) is 11.0 Å². The van der Waals surface area contributed by atoms with Crippen LogP contribution in [0.25, 0.3) is 0 Å². The quantitative estimate of drug-likeness (QED) is 0.687. The molecule has 0 spiro atoms. The molecule has 0 atom stereocenters. The number of anilines is 1. The third kappa shape index (κ3) is 5.00. The molecule has 2 aromatic rings. The van der Waals surface area contributed by atoms with Crippen molar-refractivity contribution in [3.8, 4) is 6.07 Å². The van der Waals surface area contributed by atoms with E-state index in [0.29, 0.717) is 25.9 Å². The van der Waals surface area contributed by atoms with E-state index in [1.165, 1.54) is 22.8 Å². The summed E-state index contributed by atoms with van der Waals surface area (Å²) in [6, 6.07) is 11.4. The molecule has 1 aliphatic rings. The Hall–Kier alpha value is -3.29. The second-order valence-electron chi connectivity index (χ2n) is 6.86. The summed E-state index contributed by atoms with van der Waals surface area (Å²) in [6.07, 6.45) is 3.98. The van der Waals surface area contributed by atoms with Crippen LogP contribution < -0.4 is 10.6 Å². The maximum absolute atomic E-state index is 12.6. The Balaban J connectivity index is 1.48. The minimum absolute atomic E-state index is 0.0634. The minimum Gasteiger partial charge on any atom is -0.348 e. The van der Waals surface area contributed by atoms with Gasteiger partial charge in [-0.15, -0.1) is 0 Å². The van der Waals surface area contributed by atoms with Crippen molar-refractivity contribution in [2.45, 2.75) is 17.7 Å². The predicted molar refractivity (Wildman–Crippen MR) is 109 cm³/mol. The van der Waals surface area contributed by atoms with Gasteiger partial charge in [0.2, 0.25) is 10.0 Å². The van der Waals surface area contributed by atoms with Gasteiger partial charge in [0.25, 0.3) is 0 Å². The smallest absolute Gasteiger partial charge is 0.313 e. The number of benzene rings is 1. The number of pyridine rings is 1. The fourth-order valence-electron chi connectivity index (χ4n) is 3.19. The van der Waals surface area contributed by atoms with E-state index in [2.05, 4.69) is 15.6 Å². The van der Waals surface area contributed by atoms with Gasteiger partial charge < -0.3 is 10.6 Å². The number of sulfonamides is 1. The largest absolute Gasteiger partial charge is 0.348 e. The third-order valence-corrected chi connectivity index (χ3v) is 6.78. The summed E-state index contributed by atoms with van der Waals surface area (Å²) in [5.41, 5.74) is 0.537. The molecule has 30 heavy (non-hydrogen) atoms. The SMILES string of the molecule is N#Cc1ccccc1NC(=O)C(=O)NCC1CCN(S(=O)(=O)c2cccnc2)CC1. The van der Waals surface area contributed by atoms with Crippen LogP contribution >= 0.6 is 0 Å². The lowest BCUT2D eigenvalue weighted by molar-refractivity contribution is -0.136. The standard InChI is InChI=1S/C20H21N5O4S/c21-12-16-4-1-2-6-18(16)24-20(27)19(26)23-13-15-7-10-25(11-8-15)30(28,29)17-5-3-9-22-14-17/h1-6,9,14-15H,7-8,10-11,13H2,(H,23,26)(H,24,27). The van der Waals surface area contributed by atoms with Crippen LogP contribution in [-0.2, 0) is 19.6 Å². The third-order valence-electron chi connectivity index (χ3n) is 4.90. The van der Waals surface area contributed by atoms with Gasteiger partial charge in [-0.3, -0.25) is 14.6 Å². The Morgan fingerprint density at radius 3 is 2.53 bits per heavy atom. The maximum atomic E-state index is 12.6. The van der Waals surface area contributed by atoms with Crippen LogP contribution in [-0.4, -0.2) is 49.2 Å². The van der Waals surface area contributed by atoms with Crippen LogP contribution in [0.2, 0.25) is 0 Å². The number of para-hydroxylation sites is 1. The van der Waals surface area contributed by atoms with E-state index in [-0.39, 0.29) is 28.6 Å². The van der Waals surface area contributed by atoms with Crippen LogP contribution in [0, 0.1) is 17.2 Å². The first-order valence-corrected chi connectivity index (χ1v) is 10.8. The van der Waals surface area contributed by atoms with Crippen molar-refractivity contribution in [3.63, 3.8) is 0 Å². The highest BCUT2D eigenvalue weighted by Gasteiger charge is 2.30. The van der Waals surface area contributed by atoms with Crippen LogP contribution in [0.4, 0.5) is 5.69 Å². The zero-order chi connectivity index (χ0) is 21.6. The number of rotatable bonds is 5. The summed E-state index contributed by atoms with van der Waals surface area (Å²) >= 11 is 0. The number of amides is 2. The normalized spacial score (nSPS) is 15.2. The fourth-order valence-corrected chi connectivity index (χ4v) is 4.62. The van der Waals surface area contributed by atoms with Crippen LogP contribution in [0.3, 0.4) is 0 Å². The molecule has 0 aliphatic carbocycles. The van der Waals surface area contributed by atoms with Crippen molar-refractivity contribution in [2.75, 3.05) is 25.0 Å². The molecule has 1 aliphatic heterocycles. The lowest BCUT2D eigenvalue weighted by Crippen LogP contribution is -2.43. The summed E-state index contributed by atoms with van der Waals surface area (Å²) in [7, 11) is -3.58. The van der Waals surface area contributed by atoms with Gasteiger partial charge in [-0.05, 0) is 43.0 Å². The number of nitrogens with one attached hydrogen (secondary N) is 2. The molecule has 0 unspecified atom stereocenters. The summed E-state index contributed by atoms with van der Waals surface area (Å²) in [6.45, 7) is 0.936. The molecule has 156 valence electrons. The molecule has 0 radical (unpaired) electrons. The van der Waals surface area contributed by atoms with Gasteiger partial charge in [0.15, 0.2) is 0 Å². The second kappa shape index (κ2) is 9.47. The average Bonchev–Trinajstić information content (AvgIpc) is 2.78. The Kier molecular flexibility index (Phi) is 6.76. The van der Waals surface area contributed by atoms with Crippen molar-refractivity contribution < 1.29 is 18.0 Å². The van der Waals surface area contributed by atoms with E-state index in [1.807, 2.05) is 6.07 Å². The molecule has 0 saturated carbocycles. The molecule has 2 heterocycles. The first-order valence-electron chi connectivity index (χ1n) is 9.40. The van der Waals surface area contributed by atoms with E-state index in [0.717, 1.165) is 0 Å². The number of carbonyl (C=O) groups is 2. The monoisotopic (exact) mass is 427 g/mol. The van der Waals surface area contributed by atoms with Crippen molar-refractivity contribution in [2.24, 2.45) is 5.92 Å². The van der Waals surface area contributed by atoms with E-state index in [1.54, 1.807) is 30.3 Å². The minimum atomic E-state index is -3.58. The van der Waals surface area contributed by atoms with E-state index in [9.17, 15) is 18.0 Å². The molecule has 0 bridgehead atoms. The Labute approximate surface area is 174 Å². The van der Waals surface area contributed by atoms with Crippen molar-refractivity contribution in [1.29, 1.82) is 5.26 Å². The lowest BCUT2D eigenvalue weighted by Gasteiger charge is -2.31. The van der Waals surface area contributed by atoms with Gasteiger partial charge in [-0.2, -0.15) is 9.57 Å². The first-order chi connectivity index (χ1) is 14.4. The first kappa shape index (κ1) is 21.4. The topological polar surface area (TPSA) is 132 Å². The molecule has 2 N–H and O–H groups in total. The fraction of sp³-hybridized carbons (Fsp3) is 0.300. The van der Waals surface area contributed by atoms with Crippen molar-refractivity contribution in [3.05, 3.63) is 54.4 Å². The maximum Gasteiger partial charge on any atom is 0.313 e. The molecule has 1 saturated heterocycles. The van der Waals surface area contributed by atoms with Crippen LogP contribution in [0.15, 0.2) is 53.7 Å². The van der Waals surface area contributed by atoms with E-state index >= 15 is 0 Å². The molecule has 1 fully saturated rings. The zero-order valence-corrected chi connectivity index (χ0v) is 16.9. The Morgan fingerprint density at radius 2 is 1.87 bits per heavy atom. The summed E-state index contributed by atoms with van der Waals surface area (Å²) in [5, 5.41) is 14.1. The van der Waals surface area contributed by atoms with E-state index in [4.69, 9.17) is 5.26 Å². The highest BCUT2D eigenvalue weighted by Crippen LogP contribution is 2.23. The van der Waals surface area contributed by atoms with Crippen molar-refractivity contribution in [1.82, 2.24) is 14.6 Å². The van der Waals surface area contributed by atoms with Gasteiger partial charge in [-0.1, -0.05) is 12.1 Å². The van der Waals surface area contributed by atoms with Gasteiger partial charge >= 0.3 is 11.8 Å². The second-order valence-corrected chi connectivity index (χ2v) is 8.80. The van der Waals surface area contributed by atoms with Crippen molar-refractivity contribution >= 4 is 27.5 Å². The van der Waals surface area contributed by atoms with Gasteiger partial charge in [-0.25, -0.2) is 8.42 Å². The molecule has 3 rings (SSSR count). The van der Waals surface area contributed by atoms with Gasteiger partial charge in [0.05, 0.1) is 11.3 Å². The summed E-state index contributed by atoms with van der Waals surface area (Å²) < 4.78 is 26.6. The summed E-state index contributed by atoms with van der Waals surface area (Å²) in [5.74, 6) is -1.59. The molecule has 2 amide bonds. The number of aromatic nitrogens is 1. The van der Waals surface area contributed by atoms with Crippen LogP contribution in [0.1, 0.15) is 18.4 Å². The summed E-state index contributed by atoms with van der Waals surface area (Å²) in [4.78, 5) is 28.2. The number of nitriles is 1. The predicted octanol–water partition coefficient (Wildman–Crippen LogP) is 1.11. The molecule has 10 heteroatoms. The van der Waals surface area contributed by atoms with Crippen LogP contribution in [0.5, 0.6) is 0 Å². The number of hydrogen-bond donors (Lipinski definition) is 2. The number of carbonyl (C=O) groups excluding carboxylic acids is 2. The molecular weight excluding hydrogens is 406 g/mol. The average molecular weight is 427 g/mol. The Bertz CT molecular complexity index is 1060. The van der Waals surface area contributed by atoms with E-state index < -0.39 is 21.8 Å². The zero-order valence-electron chi connectivity index (χ0n) is 16.1. The molecule has 9 nitrogen and oxygen atoms in total. The van der Waals surface area contributed by atoms with Gasteiger partial charge in [0, 0.05) is 32.0 Å². The number of nitrogens with zero attached hydrogens (tertiary/aromatic N) is 3. The number of piperidine rings is 1. The Morgan fingerprint density at radius 1 is 1.13 bits per heavy atom. The molecule has 1 aromatic carbocycles. The number of hydrogen-bond acceptors (Lipinski definition) is 6. The molecule has 1 aromatic heterocycles.